The lowest BCUT2D eigenvalue weighted by atomic mass is 9.98. The topological polar surface area (TPSA) is 107 Å². The van der Waals surface area contributed by atoms with E-state index < -0.39 is 0 Å². The number of hydrazine groups is 1. The predicted octanol–water partition coefficient (Wildman–Crippen LogP) is 3.65. The van der Waals surface area contributed by atoms with Crippen LogP contribution >= 0.6 is 0 Å². The van der Waals surface area contributed by atoms with E-state index in [1.807, 2.05) is 19.1 Å². The van der Waals surface area contributed by atoms with E-state index in [1.165, 1.54) is 24.3 Å². The summed E-state index contributed by atoms with van der Waals surface area (Å²) >= 11 is 0. The number of rotatable bonds is 9. The third-order valence-corrected chi connectivity index (χ3v) is 5.41. The van der Waals surface area contributed by atoms with Crippen LogP contribution in [-0.4, -0.2) is 54.3 Å². The summed E-state index contributed by atoms with van der Waals surface area (Å²) in [4.78, 5) is 18.3. The lowest BCUT2D eigenvalue weighted by Crippen LogP contribution is -2.32. The lowest BCUT2D eigenvalue weighted by Gasteiger charge is -2.24. The number of hydrogen-bond donors (Lipinski definition) is 2. The van der Waals surface area contributed by atoms with Crippen molar-refractivity contribution < 1.29 is 14.3 Å². The number of amides is 1. The Bertz CT molecular complexity index is 758. The molecule has 0 saturated heterocycles. The second-order valence-corrected chi connectivity index (χ2v) is 8.77. The molecule has 4 N–H and O–H groups in total. The van der Waals surface area contributed by atoms with Crippen molar-refractivity contribution in [2.24, 2.45) is 17.5 Å². The zero-order valence-corrected chi connectivity index (χ0v) is 19.7. The van der Waals surface area contributed by atoms with Crippen LogP contribution in [0.1, 0.15) is 63.8 Å². The van der Waals surface area contributed by atoms with Crippen LogP contribution in [-0.2, 0) is 4.74 Å². The van der Waals surface area contributed by atoms with Gasteiger partial charge in [0.05, 0.1) is 35.5 Å². The first-order chi connectivity index (χ1) is 14.7. The first kappa shape index (κ1) is 24.8. The first-order valence-corrected chi connectivity index (χ1v) is 11.2. The number of hydrogen-bond acceptors (Lipinski definition) is 7. The van der Waals surface area contributed by atoms with Gasteiger partial charge in [0.15, 0.2) is 0 Å². The van der Waals surface area contributed by atoms with Gasteiger partial charge in [-0.1, -0.05) is 20.3 Å². The second kappa shape index (κ2) is 11.8. The average Bonchev–Trinajstić information content (AvgIpc) is 2.72. The highest BCUT2D eigenvalue weighted by Crippen LogP contribution is 2.26. The minimum atomic E-state index is -0.357. The molecule has 0 atom stereocenters. The molecule has 1 fully saturated rings. The fraction of sp³-hybridized carbons (Fsp3) is 0.652. The van der Waals surface area contributed by atoms with Gasteiger partial charge in [0, 0.05) is 27.1 Å². The molecule has 8 heteroatoms. The summed E-state index contributed by atoms with van der Waals surface area (Å²) in [5.74, 6) is 7.17. The Balaban J connectivity index is 2.04. The first-order valence-electron chi connectivity index (χ1n) is 11.2. The molecule has 0 aliphatic heterocycles. The molecule has 1 aliphatic rings. The number of nitrogens with zero attached hydrogens (tertiary/aromatic N) is 3. The van der Waals surface area contributed by atoms with Crippen molar-refractivity contribution in [3.63, 3.8) is 0 Å². The quantitative estimate of drug-likeness (QED) is 0.452. The van der Waals surface area contributed by atoms with Crippen molar-refractivity contribution in [3.05, 3.63) is 29.2 Å². The van der Waals surface area contributed by atoms with E-state index in [2.05, 4.69) is 18.8 Å². The molecule has 1 heterocycles. The number of aromatic nitrogens is 1. The highest BCUT2D eigenvalue weighted by molar-refractivity contribution is 5.67. The molecule has 31 heavy (non-hydrogen) atoms. The molecule has 8 nitrogen and oxygen atoms in total. The summed E-state index contributed by atoms with van der Waals surface area (Å²) in [7, 11) is 3.44. The van der Waals surface area contributed by atoms with Crippen molar-refractivity contribution in [1.82, 2.24) is 14.9 Å². The van der Waals surface area contributed by atoms with Crippen LogP contribution in [0.15, 0.2) is 17.8 Å². The van der Waals surface area contributed by atoms with Crippen molar-refractivity contribution in [2.75, 3.05) is 27.2 Å². The van der Waals surface area contributed by atoms with E-state index in [9.17, 15) is 4.79 Å². The van der Waals surface area contributed by atoms with Crippen LogP contribution in [0.3, 0.4) is 0 Å². The Kier molecular flexibility index (Phi) is 9.43. The summed E-state index contributed by atoms with van der Waals surface area (Å²) in [6.07, 6.45) is 6.21. The minimum absolute atomic E-state index is 0.181. The highest BCUT2D eigenvalue weighted by Gasteiger charge is 2.18. The maximum Gasteiger partial charge on any atom is 0.409 e. The molecule has 2 rings (SSSR count). The van der Waals surface area contributed by atoms with Gasteiger partial charge in [0.2, 0.25) is 0 Å². The van der Waals surface area contributed by atoms with E-state index in [1.54, 1.807) is 19.0 Å². The lowest BCUT2D eigenvalue weighted by molar-refractivity contribution is 0.107. The molecule has 1 aromatic heterocycles. The predicted molar refractivity (Wildman–Crippen MR) is 123 cm³/mol. The highest BCUT2D eigenvalue weighted by atomic mass is 16.6. The van der Waals surface area contributed by atoms with Gasteiger partial charge in [-0.05, 0) is 50.7 Å². The molecule has 1 aliphatic carbocycles. The summed E-state index contributed by atoms with van der Waals surface area (Å²) in [6, 6.07) is 3.78. The Hall–Kier alpha value is -2.48. The number of aryl methyl sites for hydroxylation is 1. The van der Waals surface area contributed by atoms with Gasteiger partial charge in [0.1, 0.15) is 5.75 Å². The van der Waals surface area contributed by atoms with Crippen LogP contribution in [0.25, 0.3) is 5.70 Å². The van der Waals surface area contributed by atoms with Gasteiger partial charge < -0.3 is 25.1 Å². The van der Waals surface area contributed by atoms with Crippen LogP contribution in [0.2, 0.25) is 0 Å². The summed E-state index contributed by atoms with van der Waals surface area (Å²) in [5.41, 5.74) is 8.94. The van der Waals surface area contributed by atoms with Crippen molar-refractivity contribution in [2.45, 2.75) is 65.4 Å². The Labute approximate surface area is 186 Å². The monoisotopic (exact) mass is 433 g/mol. The summed E-state index contributed by atoms with van der Waals surface area (Å²) in [6.45, 7) is 6.84. The maximum absolute atomic E-state index is 12.1. The van der Waals surface area contributed by atoms with Gasteiger partial charge in [-0.25, -0.2) is 15.6 Å². The van der Waals surface area contributed by atoms with Gasteiger partial charge in [0.25, 0.3) is 0 Å². The fourth-order valence-corrected chi connectivity index (χ4v) is 3.80. The Morgan fingerprint density at radius 2 is 1.90 bits per heavy atom. The van der Waals surface area contributed by atoms with E-state index in [0.717, 1.165) is 24.3 Å². The smallest absolute Gasteiger partial charge is 0.409 e. The van der Waals surface area contributed by atoms with Gasteiger partial charge >= 0.3 is 6.09 Å². The Morgan fingerprint density at radius 1 is 1.23 bits per heavy atom. The minimum Gasteiger partial charge on any atom is -0.489 e. The Morgan fingerprint density at radius 3 is 2.48 bits per heavy atom. The molecular formula is C23H39N5O3. The van der Waals surface area contributed by atoms with E-state index in [0.29, 0.717) is 36.0 Å². The molecule has 0 spiro atoms. The van der Waals surface area contributed by atoms with E-state index in [4.69, 9.17) is 21.1 Å². The zero-order chi connectivity index (χ0) is 23.0. The summed E-state index contributed by atoms with van der Waals surface area (Å²) in [5, 5.41) is 1.45. The van der Waals surface area contributed by atoms with Crippen LogP contribution in [0.5, 0.6) is 5.75 Å². The number of nitrogens with two attached hydrogens (primary N) is 2. The zero-order valence-electron chi connectivity index (χ0n) is 19.7. The fourth-order valence-electron chi connectivity index (χ4n) is 3.80. The third kappa shape index (κ3) is 7.61. The van der Waals surface area contributed by atoms with E-state index >= 15 is 0 Å². The van der Waals surface area contributed by atoms with Crippen LogP contribution < -0.4 is 16.3 Å². The molecule has 0 radical (unpaired) electrons. The number of carbonyl (C=O) groups excluding carboxylic acids is 1. The van der Waals surface area contributed by atoms with Gasteiger partial charge in [-0.3, -0.25) is 0 Å². The largest absolute Gasteiger partial charge is 0.489 e. The van der Waals surface area contributed by atoms with Crippen molar-refractivity contribution in [1.29, 1.82) is 0 Å². The van der Waals surface area contributed by atoms with Crippen molar-refractivity contribution >= 4 is 11.8 Å². The number of pyridine rings is 1. The third-order valence-electron chi connectivity index (χ3n) is 5.41. The normalized spacial score (nSPS) is 15.5. The molecule has 174 valence electrons. The molecular weight excluding hydrogens is 394 g/mol. The van der Waals surface area contributed by atoms with Crippen LogP contribution in [0, 0.1) is 12.8 Å². The van der Waals surface area contributed by atoms with E-state index in [-0.39, 0.29) is 18.8 Å². The molecule has 1 aromatic rings. The molecule has 1 amide bonds. The molecule has 0 unspecified atom stereocenters. The molecule has 0 bridgehead atoms. The van der Waals surface area contributed by atoms with Crippen LogP contribution in [0.4, 0.5) is 4.79 Å². The SMILES string of the molecule is Cc1nc(/C(N)=C(\CCOC(=O)N(C)CC(C)C)N(C)N)ccc1OC1CCCCC1. The summed E-state index contributed by atoms with van der Waals surface area (Å²) < 4.78 is 11.5. The number of ether oxygens (including phenoxy) is 2. The second-order valence-electron chi connectivity index (χ2n) is 8.77. The van der Waals surface area contributed by atoms with Gasteiger partial charge in [-0.15, -0.1) is 0 Å². The standard InChI is InChI=1S/C23H39N5O3/c1-16(2)15-27(4)23(29)30-14-13-20(28(5)25)22(24)19-11-12-21(17(3)26-19)31-18-9-7-6-8-10-18/h11-12,16,18H,6-10,13-15,24-25H2,1-5H3/b22-20-. The van der Waals surface area contributed by atoms with Crippen molar-refractivity contribution in [3.8, 4) is 5.75 Å². The number of carbonyl (C=O) groups is 1. The van der Waals surface area contributed by atoms with Gasteiger partial charge in [-0.2, -0.15) is 0 Å². The maximum atomic E-state index is 12.1. The average molecular weight is 434 g/mol. The molecule has 1 saturated carbocycles. The molecule has 0 aromatic carbocycles.